The third kappa shape index (κ3) is 4.77. The van der Waals surface area contributed by atoms with Gasteiger partial charge in [-0.25, -0.2) is 0 Å². The minimum absolute atomic E-state index is 0.0822. The summed E-state index contributed by atoms with van der Waals surface area (Å²) in [6.07, 6.45) is 3.21. The first kappa shape index (κ1) is 16.4. The van der Waals surface area contributed by atoms with Crippen molar-refractivity contribution in [2.24, 2.45) is 0 Å². The maximum atomic E-state index is 6.17. The van der Waals surface area contributed by atoms with Crippen LogP contribution in [0.25, 0.3) is 0 Å². The highest BCUT2D eigenvalue weighted by Crippen LogP contribution is 2.36. The van der Waals surface area contributed by atoms with Crippen LogP contribution in [-0.4, -0.2) is 33.0 Å². The molecule has 0 saturated carbocycles. The van der Waals surface area contributed by atoms with Gasteiger partial charge in [0.15, 0.2) is 11.5 Å². The second-order valence-electron chi connectivity index (χ2n) is 5.23. The summed E-state index contributed by atoms with van der Waals surface area (Å²) in [5.41, 5.74) is 1.03. The van der Waals surface area contributed by atoms with E-state index in [1.807, 2.05) is 6.07 Å². The average Bonchev–Trinajstić information content (AvgIpc) is 2.50. The standard InChI is InChI=1S/C16H24ClNO3/c1-3-6-18-10-12-8-13(17)9-15(19-2)16(12)21-14-5-4-7-20-11-14/h8-9,14,18H,3-7,10-11H2,1-2H3. The molecule has 0 aliphatic carbocycles. The van der Waals surface area contributed by atoms with E-state index in [9.17, 15) is 0 Å². The molecule has 118 valence electrons. The van der Waals surface area contributed by atoms with Crippen LogP contribution >= 0.6 is 11.6 Å². The smallest absolute Gasteiger partial charge is 0.166 e. The highest BCUT2D eigenvalue weighted by molar-refractivity contribution is 6.30. The molecule has 1 unspecified atom stereocenters. The Morgan fingerprint density at radius 3 is 2.95 bits per heavy atom. The third-order valence-electron chi connectivity index (χ3n) is 3.46. The largest absolute Gasteiger partial charge is 0.493 e. The SMILES string of the molecule is CCCNCc1cc(Cl)cc(OC)c1OC1CCCOC1. The van der Waals surface area contributed by atoms with E-state index in [-0.39, 0.29) is 6.10 Å². The van der Waals surface area contributed by atoms with Gasteiger partial charge in [-0.3, -0.25) is 0 Å². The highest BCUT2D eigenvalue weighted by atomic mass is 35.5. The van der Waals surface area contributed by atoms with E-state index < -0.39 is 0 Å². The summed E-state index contributed by atoms with van der Waals surface area (Å²) in [7, 11) is 1.64. The lowest BCUT2D eigenvalue weighted by molar-refractivity contribution is 0.00600. The van der Waals surface area contributed by atoms with Crippen LogP contribution in [0, 0.1) is 0 Å². The quantitative estimate of drug-likeness (QED) is 0.783. The molecule has 0 amide bonds. The van der Waals surface area contributed by atoms with Crippen molar-refractivity contribution in [3.8, 4) is 11.5 Å². The van der Waals surface area contributed by atoms with Gasteiger partial charge in [0.2, 0.25) is 0 Å². The van der Waals surface area contributed by atoms with Gasteiger partial charge in [-0.05, 0) is 31.9 Å². The molecule has 1 N–H and O–H groups in total. The predicted octanol–water partition coefficient (Wildman–Crippen LogP) is 3.41. The van der Waals surface area contributed by atoms with Crippen molar-refractivity contribution >= 4 is 11.6 Å². The van der Waals surface area contributed by atoms with E-state index in [1.54, 1.807) is 13.2 Å². The maximum absolute atomic E-state index is 6.17. The minimum Gasteiger partial charge on any atom is -0.493 e. The van der Waals surface area contributed by atoms with E-state index in [1.165, 1.54) is 0 Å². The lowest BCUT2D eigenvalue weighted by Crippen LogP contribution is -2.29. The summed E-state index contributed by atoms with van der Waals surface area (Å²) in [6, 6.07) is 3.73. The van der Waals surface area contributed by atoms with Crippen molar-refractivity contribution < 1.29 is 14.2 Å². The maximum Gasteiger partial charge on any atom is 0.166 e. The number of ether oxygens (including phenoxy) is 3. The number of benzene rings is 1. The van der Waals surface area contributed by atoms with Crippen molar-refractivity contribution in [3.63, 3.8) is 0 Å². The molecule has 2 rings (SSSR count). The lowest BCUT2D eigenvalue weighted by Gasteiger charge is -2.26. The van der Waals surface area contributed by atoms with Crippen LogP contribution in [0.1, 0.15) is 31.7 Å². The number of halogens is 1. The van der Waals surface area contributed by atoms with Crippen LogP contribution in [0.3, 0.4) is 0 Å². The van der Waals surface area contributed by atoms with Crippen LogP contribution in [0.2, 0.25) is 5.02 Å². The van der Waals surface area contributed by atoms with Crippen LogP contribution in [0.5, 0.6) is 11.5 Å². The Kier molecular flexibility index (Phi) is 6.61. The predicted molar refractivity (Wildman–Crippen MR) is 84.5 cm³/mol. The lowest BCUT2D eigenvalue weighted by atomic mass is 10.1. The van der Waals surface area contributed by atoms with E-state index >= 15 is 0 Å². The fraction of sp³-hybridized carbons (Fsp3) is 0.625. The van der Waals surface area contributed by atoms with Gasteiger partial charge in [0.05, 0.1) is 13.7 Å². The molecule has 1 aliphatic rings. The summed E-state index contributed by atoms with van der Waals surface area (Å²) in [4.78, 5) is 0. The van der Waals surface area contributed by atoms with Gasteiger partial charge in [0, 0.05) is 29.8 Å². The molecule has 1 aromatic carbocycles. The van der Waals surface area contributed by atoms with Crippen LogP contribution in [0.4, 0.5) is 0 Å². The summed E-state index contributed by atoms with van der Waals surface area (Å²) in [6.45, 7) is 5.27. The van der Waals surface area contributed by atoms with Crippen molar-refractivity contribution in [1.82, 2.24) is 5.32 Å². The Labute approximate surface area is 131 Å². The number of nitrogens with one attached hydrogen (secondary N) is 1. The zero-order valence-corrected chi connectivity index (χ0v) is 13.5. The zero-order chi connectivity index (χ0) is 15.1. The Morgan fingerprint density at radius 1 is 1.43 bits per heavy atom. The van der Waals surface area contributed by atoms with Gasteiger partial charge < -0.3 is 19.5 Å². The van der Waals surface area contributed by atoms with Crippen molar-refractivity contribution in [1.29, 1.82) is 0 Å². The number of hydrogen-bond donors (Lipinski definition) is 1. The first-order valence-corrected chi connectivity index (χ1v) is 7.94. The number of hydrogen-bond acceptors (Lipinski definition) is 4. The molecule has 0 aromatic heterocycles. The van der Waals surface area contributed by atoms with Gasteiger partial charge in [0.1, 0.15) is 6.10 Å². The summed E-state index contributed by atoms with van der Waals surface area (Å²) < 4.78 is 17.1. The second-order valence-corrected chi connectivity index (χ2v) is 5.67. The van der Waals surface area contributed by atoms with Crippen molar-refractivity contribution in [2.45, 2.75) is 38.8 Å². The van der Waals surface area contributed by atoms with E-state index in [0.29, 0.717) is 23.9 Å². The molecule has 0 radical (unpaired) electrons. The molecule has 1 saturated heterocycles. The molecule has 1 fully saturated rings. The second kappa shape index (κ2) is 8.47. The molecule has 0 spiro atoms. The number of rotatable bonds is 7. The number of methoxy groups -OCH3 is 1. The molecule has 1 aromatic rings. The molecular weight excluding hydrogens is 290 g/mol. The summed E-state index contributed by atoms with van der Waals surface area (Å²) in [5, 5.41) is 4.04. The molecule has 0 bridgehead atoms. The first-order chi connectivity index (χ1) is 10.2. The van der Waals surface area contributed by atoms with Gasteiger partial charge in [-0.15, -0.1) is 0 Å². The van der Waals surface area contributed by atoms with E-state index in [0.717, 1.165) is 43.7 Å². The van der Waals surface area contributed by atoms with E-state index in [2.05, 4.69) is 12.2 Å². The average molecular weight is 314 g/mol. The normalized spacial score (nSPS) is 18.5. The summed E-state index contributed by atoms with van der Waals surface area (Å²) in [5.74, 6) is 1.46. The molecule has 4 nitrogen and oxygen atoms in total. The molecule has 1 atom stereocenters. The minimum atomic E-state index is 0.0822. The van der Waals surface area contributed by atoms with Gasteiger partial charge in [-0.1, -0.05) is 18.5 Å². The molecule has 21 heavy (non-hydrogen) atoms. The topological polar surface area (TPSA) is 39.7 Å². The van der Waals surface area contributed by atoms with Crippen LogP contribution in [-0.2, 0) is 11.3 Å². The third-order valence-corrected chi connectivity index (χ3v) is 3.68. The zero-order valence-electron chi connectivity index (χ0n) is 12.8. The Hall–Kier alpha value is -0.970. The first-order valence-electron chi connectivity index (χ1n) is 7.56. The van der Waals surface area contributed by atoms with Crippen molar-refractivity contribution in [2.75, 3.05) is 26.9 Å². The fourth-order valence-corrected chi connectivity index (χ4v) is 2.64. The fourth-order valence-electron chi connectivity index (χ4n) is 2.41. The van der Waals surface area contributed by atoms with Crippen LogP contribution in [0.15, 0.2) is 12.1 Å². The van der Waals surface area contributed by atoms with Crippen molar-refractivity contribution in [3.05, 3.63) is 22.7 Å². The Morgan fingerprint density at radius 2 is 2.29 bits per heavy atom. The van der Waals surface area contributed by atoms with Crippen LogP contribution < -0.4 is 14.8 Å². The molecule has 5 heteroatoms. The Bertz CT molecular complexity index is 447. The van der Waals surface area contributed by atoms with Gasteiger partial charge >= 0.3 is 0 Å². The van der Waals surface area contributed by atoms with Gasteiger partial charge in [0.25, 0.3) is 0 Å². The van der Waals surface area contributed by atoms with Gasteiger partial charge in [-0.2, -0.15) is 0 Å². The van der Waals surface area contributed by atoms with E-state index in [4.69, 9.17) is 25.8 Å². The molecule has 1 aliphatic heterocycles. The Balaban J connectivity index is 2.17. The highest BCUT2D eigenvalue weighted by Gasteiger charge is 2.20. The molecular formula is C16H24ClNO3. The monoisotopic (exact) mass is 313 g/mol. The summed E-state index contributed by atoms with van der Waals surface area (Å²) >= 11 is 6.17. The molecule has 1 heterocycles.